The van der Waals surface area contributed by atoms with Crippen LogP contribution in [0, 0.1) is 11.2 Å². The molecule has 0 aliphatic heterocycles. The van der Waals surface area contributed by atoms with Crippen LogP contribution in [-0.2, 0) is 0 Å². The molecule has 1 heterocycles. The van der Waals surface area contributed by atoms with Gasteiger partial charge in [-0.15, -0.1) is 0 Å². The van der Waals surface area contributed by atoms with Crippen molar-refractivity contribution in [1.82, 2.24) is 4.98 Å². The van der Waals surface area contributed by atoms with Crippen molar-refractivity contribution in [3.63, 3.8) is 0 Å². The lowest BCUT2D eigenvalue weighted by Gasteiger charge is -2.39. The maximum absolute atomic E-state index is 13.5. The Morgan fingerprint density at radius 1 is 1.44 bits per heavy atom. The van der Waals surface area contributed by atoms with Gasteiger partial charge in [0.1, 0.15) is 0 Å². The lowest BCUT2D eigenvalue weighted by molar-refractivity contribution is 0.216. The Bertz CT molecular complexity index is 363. The topological polar surface area (TPSA) is 24.9 Å². The molecule has 2 rings (SSSR count). The fraction of sp³-hybridized carbons (Fsp3) is 0.615. The number of halogens is 1. The minimum absolute atomic E-state index is 0.224. The van der Waals surface area contributed by atoms with Gasteiger partial charge >= 0.3 is 0 Å². The summed E-state index contributed by atoms with van der Waals surface area (Å²) in [5, 5.41) is 3.25. The molecule has 0 saturated heterocycles. The number of hydrogen-bond acceptors (Lipinski definition) is 2. The average molecular weight is 222 g/mol. The van der Waals surface area contributed by atoms with Crippen LogP contribution < -0.4 is 5.32 Å². The summed E-state index contributed by atoms with van der Waals surface area (Å²) in [4.78, 5) is 4.05. The summed E-state index contributed by atoms with van der Waals surface area (Å²) >= 11 is 0. The SMILES string of the molecule is CC1(C)CCCCC1Nc1ncccc1F. The zero-order valence-corrected chi connectivity index (χ0v) is 9.96. The normalized spacial score (nSPS) is 24.1. The van der Waals surface area contributed by atoms with Crippen molar-refractivity contribution >= 4 is 5.82 Å². The highest BCUT2D eigenvalue weighted by Gasteiger charge is 2.32. The lowest BCUT2D eigenvalue weighted by atomic mass is 9.73. The molecular formula is C13H19FN2. The second-order valence-corrected chi connectivity index (χ2v) is 5.27. The van der Waals surface area contributed by atoms with E-state index in [1.54, 1.807) is 12.3 Å². The van der Waals surface area contributed by atoms with Crippen molar-refractivity contribution in [2.45, 2.75) is 45.6 Å². The van der Waals surface area contributed by atoms with E-state index in [1.165, 1.54) is 25.3 Å². The zero-order chi connectivity index (χ0) is 11.6. The predicted octanol–water partition coefficient (Wildman–Crippen LogP) is 3.60. The molecule has 1 atom stereocenters. The Kier molecular flexibility index (Phi) is 3.13. The molecule has 1 aromatic heterocycles. The van der Waals surface area contributed by atoms with Gasteiger partial charge in [0.25, 0.3) is 0 Å². The highest BCUT2D eigenvalue weighted by Crippen LogP contribution is 2.37. The Labute approximate surface area is 96.3 Å². The molecule has 1 unspecified atom stereocenters. The molecular weight excluding hydrogens is 203 g/mol. The van der Waals surface area contributed by atoms with Crippen molar-refractivity contribution in [3.8, 4) is 0 Å². The average Bonchev–Trinajstić information content (AvgIpc) is 2.24. The molecule has 1 aromatic rings. The van der Waals surface area contributed by atoms with Crippen molar-refractivity contribution < 1.29 is 4.39 Å². The molecule has 1 fully saturated rings. The number of nitrogens with one attached hydrogen (secondary N) is 1. The first-order chi connectivity index (χ1) is 7.59. The van der Waals surface area contributed by atoms with Crippen molar-refractivity contribution in [3.05, 3.63) is 24.1 Å². The maximum Gasteiger partial charge on any atom is 0.165 e. The van der Waals surface area contributed by atoms with Gasteiger partial charge in [0.2, 0.25) is 0 Å². The number of anilines is 1. The van der Waals surface area contributed by atoms with E-state index in [0.717, 1.165) is 6.42 Å². The summed E-state index contributed by atoms with van der Waals surface area (Å²) in [6, 6.07) is 3.39. The van der Waals surface area contributed by atoms with E-state index in [1.807, 2.05) is 0 Å². The van der Waals surface area contributed by atoms with Crippen molar-refractivity contribution in [2.75, 3.05) is 5.32 Å². The third kappa shape index (κ3) is 2.34. The van der Waals surface area contributed by atoms with Gasteiger partial charge in [0, 0.05) is 12.2 Å². The molecule has 88 valence electrons. The highest BCUT2D eigenvalue weighted by atomic mass is 19.1. The second-order valence-electron chi connectivity index (χ2n) is 5.27. The molecule has 1 aliphatic rings. The van der Waals surface area contributed by atoms with Crippen LogP contribution in [0.2, 0.25) is 0 Å². The molecule has 0 radical (unpaired) electrons. The van der Waals surface area contributed by atoms with Gasteiger partial charge in [-0.1, -0.05) is 26.7 Å². The second kappa shape index (κ2) is 4.40. The Morgan fingerprint density at radius 2 is 2.25 bits per heavy atom. The maximum atomic E-state index is 13.5. The number of hydrogen-bond donors (Lipinski definition) is 1. The fourth-order valence-corrected chi connectivity index (χ4v) is 2.42. The third-order valence-corrected chi connectivity index (χ3v) is 3.58. The van der Waals surface area contributed by atoms with E-state index in [4.69, 9.17) is 0 Å². The van der Waals surface area contributed by atoms with Gasteiger partial charge in [-0.2, -0.15) is 0 Å². The largest absolute Gasteiger partial charge is 0.364 e. The molecule has 1 aliphatic carbocycles. The molecule has 0 amide bonds. The standard InChI is InChI=1S/C13H19FN2/c1-13(2)8-4-3-7-11(13)16-12-10(14)6-5-9-15-12/h5-6,9,11H,3-4,7-8H2,1-2H3,(H,15,16). The first-order valence-corrected chi connectivity index (χ1v) is 5.97. The first kappa shape index (κ1) is 11.4. The van der Waals surface area contributed by atoms with Crippen LogP contribution in [0.3, 0.4) is 0 Å². The summed E-state index contributed by atoms with van der Waals surface area (Å²) in [7, 11) is 0. The Hall–Kier alpha value is -1.12. The van der Waals surface area contributed by atoms with Crippen LogP contribution in [0.1, 0.15) is 39.5 Å². The number of pyridine rings is 1. The minimum atomic E-state index is -0.260. The van der Waals surface area contributed by atoms with E-state index in [9.17, 15) is 4.39 Å². The van der Waals surface area contributed by atoms with Crippen LogP contribution in [0.25, 0.3) is 0 Å². The summed E-state index contributed by atoms with van der Waals surface area (Å²) in [6.45, 7) is 4.48. The molecule has 3 heteroatoms. The van der Waals surface area contributed by atoms with E-state index in [2.05, 4.69) is 24.1 Å². The highest BCUT2D eigenvalue weighted by molar-refractivity contribution is 5.37. The van der Waals surface area contributed by atoms with Crippen LogP contribution >= 0.6 is 0 Å². The molecule has 1 saturated carbocycles. The Morgan fingerprint density at radius 3 is 2.94 bits per heavy atom. The van der Waals surface area contributed by atoms with E-state index in [-0.39, 0.29) is 11.2 Å². The minimum Gasteiger partial charge on any atom is -0.364 e. The van der Waals surface area contributed by atoms with Crippen molar-refractivity contribution in [1.29, 1.82) is 0 Å². The molecule has 0 spiro atoms. The smallest absolute Gasteiger partial charge is 0.165 e. The molecule has 1 N–H and O–H groups in total. The van der Waals surface area contributed by atoms with Crippen LogP contribution in [0.15, 0.2) is 18.3 Å². The zero-order valence-electron chi connectivity index (χ0n) is 9.96. The van der Waals surface area contributed by atoms with Gasteiger partial charge in [-0.05, 0) is 30.4 Å². The number of rotatable bonds is 2. The van der Waals surface area contributed by atoms with Gasteiger partial charge in [-0.3, -0.25) is 0 Å². The Balaban J connectivity index is 2.12. The quantitative estimate of drug-likeness (QED) is 0.827. The monoisotopic (exact) mass is 222 g/mol. The predicted molar refractivity (Wildman–Crippen MR) is 63.9 cm³/mol. The van der Waals surface area contributed by atoms with Gasteiger partial charge in [0.15, 0.2) is 11.6 Å². The molecule has 2 nitrogen and oxygen atoms in total. The van der Waals surface area contributed by atoms with E-state index in [0.29, 0.717) is 11.9 Å². The lowest BCUT2D eigenvalue weighted by Crippen LogP contribution is -2.39. The van der Waals surface area contributed by atoms with E-state index < -0.39 is 0 Å². The molecule has 16 heavy (non-hydrogen) atoms. The van der Waals surface area contributed by atoms with Crippen LogP contribution in [0.5, 0.6) is 0 Å². The number of nitrogens with zero attached hydrogens (tertiary/aromatic N) is 1. The van der Waals surface area contributed by atoms with Crippen molar-refractivity contribution in [2.24, 2.45) is 5.41 Å². The van der Waals surface area contributed by atoms with Gasteiger partial charge in [0.05, 0.1) is 0 Å². The van der Waals surface area contributed by atoms with Gasteiger partial charge < -0.3 is 5.32 Å². The summed E-state index contributed by atoms with van der Waals surface area (Å²) in [5.74, 6) is 0.131. The van der Waals surface area contributed by atoms with Gasteiger partial charge in [-0.25, -0.2) is 9.37 Å². The fourth-order valence-electron chi connectivity index (χ4n) is 2.42. The summed E-state index contributed by atoms with van der Waals surface area (Å²) < 4.78 is 13.5. The van der Waals surface area contributed by atoms with Crippen LogP contribution in [-0.4, -0.2) is 11.0 Å². The summed E-state index contributed by atoms with van der Waals surface area (Å²) in [6.07, 6.45) is 6.41. The summed E-state index contributed by atoms with van der Waals surface area (Å²) in [5.41, 5.74) is 0.224. The third-order valence-electron chi connectivity index (χ3n) is 3.58. The molecule has 0 bridgehead atoms. The number of aromatic nitrogens is 1. The molecule has 0 aromatic carbocycles. The van der Waals surface area contributed by atoms with E-state index >= 15 is 0 Å². The first-order valence-electron chi connectivity index (χ1n) is 5.97. The van der Waals surface area contributed by atoms with Crippen LogP contribution in [0.4, 0.5) is 10.2 Å².